The van der Waals surface area contributed by atoms with E-state index in [-0.39, 0.29) is 17.5 Å². The number of hydrogen-bond donors (Lipinski definition) is 1. The van der Waals surface area contributed by atoms with Crippen LogP contribution in [0.25, 0.3) is 22.4 Å². The average Bonchev–Trinajstić information content (AvgIpc) is 3.08. The average molecular weight is 330 g/mol. The van der Waals surface area contributed by atoms with E-state index in [1.165, 1.54) is 0 Å². The Morgan fingerprint density at radius 1 is 1.29 bits per heavy atom. The highest BCUT2D eigenvalue weighted by Crippen LogP contribution is 2.26. The van der Waals surface area contributed by atoms with Crippen LogP contribution in [0.1, 0.15) is 20.3 Å². The molecule has 2 heterocycles. The van der Waals surface area contributed by atoms with Gasteiger partial charge in [-0.3, -0.25) is 0 Å². The summed E-state index contributed by atoms with van der Waals surface area (Å²) in [6, 6.07) is 7.10. The van der Waals surface area contributed by atoms with Crippen LogP contribution in [-0.2, 0) is 4.74 Å². The van der Waals surface area contributed by atoms with E-state index in [2.05, 4.69) is 20.6 Å². The van der Waals surface area contributed by atoms with Gasteiger partial charge in [-0.1, -0.05) is 12.1 Å². The van der Waals surface area contributed by atoms with Crippen molar-refractivity contribution in [3.05, 3.63) is 34.7 Å². The first-order valence-electron chi connectivity index (χ1n) is 7.70. The summed E-state index contributed by atoms with van der Waals surface area (Å²) in [6.07, 6.45) is 0.948. The maximum absolute atomic E-state index is 12.2. The normalized spacial score (nSPS) is 11.3. The molecule has 0 saturated heterocycles. The Morgan fingerprint density at radius 3 is 2.92 bits per heavy atom. The molecule has 0 amide bonds. The van der Waals surface area contributed by atoms with Gasteiger partial charge in [-0.05, 0) is 31.2 Å². The van der Waals surface area contributed by atoms with Crippen molar-refractivity contribution < 1.29 is 13.9 Å². The third-order valence-electron chi connectivity index (χ3n) is 3.31. The fourth-order valence-corrected chi connectivity index (χ4v) is 2.22. The van der Waals surface area contributed by atoms with E-state index in [1.54, 1.807) is 12.1 Å². The van der Waals surface area contributed by atoms with Crippen LogP contribution in [-0.4, -0.2) is 39.9 Å². The zero-order chi connectivity index (χ0) is 16.9. The smallest absolute Gasteiger partial charge is 0.347 e. The van der Waals surface area contributed by atoms with Gasteiger partial charge >= 0.3 is 5.63 Å². The van der Waals surface area contributed by atoms with Crippen molar-refractivity contribution in [1.82, 2.24) is 20.6 Å². The van der Waals surface area contributed by atoms with Crippen LogP contribution in [0, 0.1) is 0 Å². The van der Waals surface area contributed by atoms with Crippen molar-refractivity contribution in [3.63, 3.8) is 0 Å². The summed E-state index contributed by atoms with van der Waals surface area (Å²) in [5.41, 5.74) is 0.112. The molecule has 3 rings (SSSR count). The zero-order valence-electron chi connectivity index (χ0n) is 13.5. The highest BCUT2D eigenvalue weighted by molar-refractivity contribution is 5.85. The van der Waals surface area contributed by atoms with E-state index >= 15 is 0 Å². The van der Waals surface area contributed by atoms with Crippen LogP contribution in [0.15, 0.2) is 33.5 Å². The second-order valence-electron chi connectivity index (χ2n) is 5.48. The summed E-state index contributed by atoms with van der Waals surface area (Å²) in [7, 11) is 0. The molecule has 0 aliphatic rings. The Bertz CT molecular complexity index is 858. The number of tetrazole rings is 1. The van der Waals surface area contributed by atoms with E-state index in [9.17, 15) is 4.79 Å². The lowest BCUT2D eigenvalue weighted by Crippen LogP contribution is -2.08. The molecule has 0 atom stereocenters. The van der Waals surface area contributed by atoms with Gasteiger partial charge in [0, 0.05) is 11.8 Å². The van der Waals surface area contributed by atoms with Crippen molar-refractivity contribution in [2.45, 2.75) is 26.4 Å². The quantitative estimate of drug-likeness (QED) is 0.523. The summed E-state index contributed by atoms with van der Waals surface area (Å²) in [6.45, 7) is 5.07. The SMILES string of the molecule is CC(C)OCCCOc1cccc2cc(-c3nn[nH]n3)c(=O)oc12. The van der Waals surface area contributed by atoms with Crippen LogP contribution in [0.2, 0.25) is 0 Å². The molecule has 3 aromatic rings. The third kappa shape index (κ3) is 3.60. The predicted molar refractivity (Wildman–Crippen MR) is 86.9 cm³/mol. The lowest BCUT2D eigenvalue weighted by Gasteiger charge is -2.10. The topological polar surface area (TPSA) is 103 Å². The number of aromatic amines is 1. The first kappa shape index (κ1) is 16.1. The molecule has 1 N–H and O–H groups in total. The first-order chi connectivity index (χ1) is 11.6. The van der Waals surface area contributed by atoms with Gasteiger partial charge in [0.1, 0.15) is 5.56 Å². The molecule has 8 heteroatoms. The van der Waals surface area contributed by atoms with Crippen molar-refractivity contribution in [3.8, 4) is 17.1 Å². The fraction of sp³-hybridized carbons (Fsp3) is 0.375. The highest BCUT2D eigenvalue weighted by Gasteiger charge is 2.14. The van der Waals surface area contributed by atoms with Crippen molar-refractivity contribution in [2.75, 3.05) is 13.2 Å². The molecule has 0 fully saturated rings. The van der Waals surface area contributed by atoms with Gasteiger partial charge in [0.25, 0.3) is 0 Å². The molecule has 8 nitrogen and oxygen atoms in total. The summed E-state index contributed by atoms with van der Waals surface area (Å²) < 4.78 is 16.6. The third-order valence-corrected chi connectivity index (χ3v) is 3.31. The number of H-pyrrole nitrogens is 1. The van der Waals surface area contributed by atoms with E-state index in [0.29, 0.717) is 24.5 Å². The van der Waals surface area contributed by atoms with Gasteiger partial charge in [-0.15, -0.1) is 10.2 Å². The Morgan fingerprint density at radius 2 is 2.17 bits per heavy atom. The van der Waals surface area contributed by atoms with Crippen LogP contribution < -0.4 is 10.4 Å². The molecular formula is C16H18N4O4. The molecule has 0 aliphatic heterocycles. The number of aromatic nitrogens is 4. The van der Waals surface area contributed by atoms with Gasteiger partial charge in [0.2, 0.25) is 5.82 Å². The van der Waals surface area contributed by atoms with Gasteiger partial charge in [0.05, 0.1) is 19.3 Å². The summed E-state index contributed by atoms with van der Waals surface area (Å²) >= 11 is 0. The molecule has 0 bridgehead atoms. The monoisotopic (exact) mass is 330 g/mol. The van der Waals surface area contributed by atoms with Crippen LogP contribution in [0.4, 0.5) is 0 Å². The van der Waals surface area contributed by atoms with E-state index < -0.39 is 5.63 Å². The van der Waals surface area contributed by atoms with E-state index in [0.717, 1.165) is 11.8 Å². The highest BCUT2D eigenvalue weighted by atomic mass is 16.5. The molecule has 0 radical (unpaired) electrons. The molecule has 0 spiro atoms. The Labute approximate surface area is 137 Å². The Balaban J connectivity index is 1.80. The summed E-state index contributed by atoms with van der Waals surface area (Å²) in [5, 5.41) is 14.1. The minimum atomic E-state index is -0.539. The summed E-state index contributed by atoms with van der Waals surface area (Å²) in [5.74, 6) is 0.719. The predicted octanol–water partition coefficient (Wildman–Crippen LogP) is 2.17. The van der Waals surface area contributed by atoms with Gasteiger partial charge in [0.15, 0.2) is 11.3 Å². The minimum Gasteiger partial charge on any atom is -0.490 e. The number of hydrogen-bond acceptors (Lipinski definition) is 7. The molecule has 0 aliphatic carbocycles. The molecular weight excluding hydrogens is 312 g/mol. The van der Waals surface area contributed by atoms with Gasteiger partial charge < -0.3 is 13.9 Å². The summed E-state index contributed by atoms with van der Waals surface area (Å²) in [4.78, 5) is 12.2. The molecule has 126 valence electrons. The van der Waals surface area contributed by atoms with Crippen LogP contribution in [0.5, 0.6) is 5.75 Å². The minimum absolute atomic E-state index is 0.197. The lowest BCUT2D eigenvalue weighted by molar-refractivity contribution is 0.0694. The molecule has 2 aromatic heterocycles. The van der Waals surface area contributed by atoms with Crippen molar-refractivity contribution >= 4 is 11.0 Å². The molecule has 0 unspecified atom stereocenters. The number of nitrogens with one attached hydrogen (secondary N) is 1. The zero-order valence-corrected chi connectivity index (χ0v) is 13.5. The van der Waals surface area contributed by atoms with Gasteiger partial charge in [-0.25, -0.2) is 4.79 Å². The van der Waals surface area contributed by atoms with E-state index in [4.69, 9.17) is 13.9 Å². The second kappa shape index (κ2) is 7.22. The van der Waals surface area contributed by atoms with Crippen LogP contribution in [0.3, 0.4) is 0 Å². The molecule has 1 aromatic carbocycles. The number of rotatable bonds is 7. The first-order valence-corrected chi connectivity index (χ1v) is 7.70. The van der Waals surface area contributed by atoms with Crippen molar-refractivity contribution in [2.24, 2.45) is 0 Å². The fourth-order valence-electron chi connectivity index (χ4n) is 2.22. The number of para-hydroxylation sites is 1. The molecule has 24 heavy (non-hydrogen) atoms. The Kier molecular flexibility index (Phi) is 4.85. The lowest BCUT2D eigenvalue weighted by atomic mass is 10.1. The van der Waals surface area contributed by atoms with Gasteiger partial charge in [-0.2, -0.15) is 5.21 Å². The van der Waals surface area contributed by atoms with Crippen molar-refractivity contribution in [1.29, 1.82) is 0 Å². The van der Waals surface area contributed by atoms with E-state index in [1.807, 2.05) is 26.0 Å². The number of benzene rings is 1. The molecule has 0 saturated carbocycles. The Hall–Kier alpha value is -2.74. The second-order valence-corrected chi connectivity index (χ2v) is 5.48. The maximum Gasteiger partial charge on any atom is 0.347 e. The largest absolute Gasteiger partial charge is 0.490 e. The number of ether oxygens (including phenoxy) is 2. The van der Waals surface area contributed by atoms with Crippen LogP contribution >= 0.6 is 0 Å². The standard InChI is InChI=1S/C16H18N4O4/c1-10(2)22-7-4-8-23-13-6-3-5-11-9-12(15-17-19-20-18-15)16(21)24-14(11)13/h3,5-6,9-10H,4,7-8H2,1-2H3,(H,17,18,19,20). The maximum atomic E-state index is 12.2. The number of nitrogens with zero attached hydrogens (tertiary/aromatic N) is 3. The number of fused-ring (bicyclic) bond motifs is 1.